The lowest BCUT2D eigenvalue weighted by atomic mass is 10.0. The Kier molecular flexibility index (Phi) is 5.42. The van der Waals surface area contributed by atoms with Gasteiger partial charge in [0.1, 0.15) is 5.75 Å². The van der Waals surface area contributed by atoms with Gasteiger partial charge in [-0.1, -0.05) is 57.0 Å². The maximum Gasteiger partial charge on any atom is 0.126 e. The number of nitrogens with one attached hydrogen (secondary N) is 1. The van der Waals surface area contributed by atoms with E-state index in [2.05, 4.69) is 55.6 Å². The Morgan fingerprint density at radius 1 is 1.00 bits per heavy atom. The van der Waals surface area contributed by atoms with Crippen LogP contribution in [0.1, 0.15) is 32.3 Å². The van der Waals surface area contributed by atoms with Gasteiger partial charge in [0.15, 0.2) is 0 Å². The second-order valence-corrected chi connectivity index (χ2v) is 5.29. The predicted octanol–water partition coefficient (Wildman–Crippen LogP) is 4.37. The quantitative estimate of drug-likeness (QED) is 0.807. The molecule has 0 spiro atoms. The Labute approximate surface area is 122 Å². The van der Waals surface area contributed by atoms with Crippen LogP contribution in [-0.2, 0) is 6.54 Å². The third-order valence-corrected chi connectivity index (χ3v) is 4.10. The van der Waals surface area contributed by atoms with Gasteiger partial charge in [0.25, 0.3) is 0 Å². The second kappa shape index (κ2) is 7.30. The van der Waals surface area contributed by atoms with Crippen LogP contribution in [0.4, 0.5) is 0 Å². The van der Waals surface area contributed by atoms with Crippen molar-refractivity contribution in [2.45, 2.75) is 33.2 Å². The zero-order chi connectivity index (χ0) is 14.4. The largest absolute Gasteiger partial charge is 0.496 e. The smallest absolute Gasteiger partial charge is 0.126 e. The van der Waals surface area contributed by atoms with Crippen LogP contribution in [0, 0.1) is 5.92 Å². The van der Waals surface area contributed by atoms with E-state index >= 15 is 0 Å². The fraction of sp³-hybridized carbons (Fsp3) is 0.444. The highest BCUT2D eigenvalue weighted by atomic mass is 16.5. The highest BCUT2D eigenvalue weighted by molar-refractivity contribution is 5.91. The minimum absolute atomic E-state index is 0.777. The van der Waals surface area contributed by atoms with Crippen molar-refractivity contribution >= 4 is 10.8 Å². The molecule has 0 bridgehead atoms. The number of rotatable bonds is 7. The summed E-state index contributed by atoms with van der Waals surface area (Å²) in [4.78, 5) is 0. The monoisotopic (exact) mass is 271 g/mol. The van der Waals surface area contributed by atoms with E-state index in [0.717, 1.165) is 24.8 Å². The van der Waals surface area contributed by atoms with Gasteiger partial charge >= 0.3 is 0 Å². The van der Waals surface area contributed by atoms with Crippen LogP contribution in [0.5, 0.6) is 5.75 Å². The Hall–Kier alpha value is -1.54. The Balaban J connectivity index is 2.15. The van der Waals surface area contributed by atoms with Crippen LogP contribution in [0.2, 0.25) is 0 Å². The molecule has 2 heteroatoms. The van der Waals surface area contributed by atoms with Crippen LogP contribution in [0.25, 0.3) is 10.8 Å². The maximum absolute atomic E-state index is 5.44. The Morgan fingerprint density at radius 2 is 1.70 bits per heavy atom. The molecule has 0 radical (unpaired) electrons. The Morgan fingerprint density at radius 3 is 2.35 bits per heavy atom. The van der Waals surface area contributed by atoms with Gasteiger partial charge in [0.05, 0.1) is 7.11 Å². The average molecular weight is 271 g/mol. The van der Waals surface area contributed by atoms with Gasteiger partial charge in [0, 0.05) is 11.9 Å². The lowest BCUT2D eigenvalue weighted by Gasteiger charge is -2.15. The van der Waals surface area contributed by atoms with E-state index < -0.39 is 0 Å². The lowest BCUT2D eigenvalue weighted by molar-refractivity contribution is 0.419. The molecule has 2 aromatic rings. The molecule has 0 amide bonds. The summed E-state index contributed by atoms with van der Waals surface area (Å²) in [6.45, 7) is 6.53. The van der Waals surface area contributed by atoms with E-state index in [0.29, 0.717) is 0 Å². The second-order valence-electron chi connectivity index (χ2n) is 5.29. The standard InChI is InChI=1S/C18H25NO/c1-4-14(5-2)12-19-13-15-10-11-18(20-3)17-9-7-6-8-16(15)17/h6-11,14,19H,4-5,12-13H2,1-3H3. The summed E-state index contributed by atoms with van der Waals surface area (Å²) < 4.78 is 5.44. The zero-order valence-corrected chi connectivity index (χ0v) is 12.8. The third kappa shape index (κ3) is 3.31. The molecule has 2 nitrogen and oxygen atoms in total. The normalized spacial score (nSPS) is 11.2. The number of hydrogen-bond donors (Lipinski definition) is 1. The first kappa shape index (κ1) is 14.9. The fourth-order valence-corrected chi connectivity index (χ4v) is 2.65. The summed E-state index contributed by atoms with van der Waals surface area (Å²) in [5.74, 6) is 1.73. The van der Waals surface area contributed by atoms with Crippen molar-refractivity contribution in [1.29, 1.82) is 0 Å². The number of ether oxygens (including phenoxy) is 1. The van der Waals surface area contributed by atoms with E-state index in [9.17, 15) is 0 Å². The average Bonchev–Trinajstić information content (AvgIpc) is 2.51. The number of benzene rings is 2. The van der Waals surface area contributed by atoms with Crippen LogP contribution < -0.4 is 10.1 Å². The fourth-order valence-electron chi connectivity index (χ4n) is 2.65. The molecule has 20 heavy (non-hydrogen) atoms. The number of hydrogen-bond acceptors (Lipinski definition) is 2. The molecule has 0 saturated carbocycles. The SMILES string of the molecule is CCC(CC)CNCc1ccc(OC)c2ccccc12. The topological polar surface area (TPSA) is 21.3 Å². The summed E-state index contributed by atoms with van der Waals surface area (Å²) in [6.07, 6.45) is 2.49. The summed E-state index contributed by atoms with van der Waals surface area (Å²) in [5, 5.41) is 6.07. The minimum atomic E-state index is 0.777. The lowest BCUT2D eigenvalue weighted by Crippen LogP contribution is -2.21. The summed E-state index contributed by atoms with van der Waals surface area (Å²) in [7, 11) is 1.73. The van der Waals surface area contributed by atoms with Crippen LogP contribution in [0.15, 0.2) is 36.4 Å². The van der Waals surface area contributed by atoms with E-state index in [1.807, 2.05) is 0 Å². The van der Waals surface area contributed by atoms with Crippen molar-refractivity contribution in [2.75, 3.05) is 13.7 Å². The minimum Gasteiger partial charge on any atom is -0.496 e. The first-order valence-electron chi connectivity index (χ1n) is 7.55. The van der Waals surface area contributed by atoms with Crippen LogP contribution in [0.3, 0.4) is 0 Å². The highest BCUT2D eigenvalue weighted by Gasteiger charge is 2.07. The van der Waals surface area contributed by atoms with Crippen molar-refractivity contribution in [3.63, 3.8) is 0 Å². The van der Waals surface area contributed by atoms with Gasteiger partial charge in [-0.2, -0.15) is 0 Å². The van der Waals surface area contributed by atoms with Crippen LogP contribution >= 0.6 is 0 Å². The maximum atomic E-state index is 5.44. The molecule has 2 aromatic carbocycles. The molecule has 0 heterocycles. The van der Waals surface area contributed by atoms with Gasteiger partial charge in [-0.15, -0.1) is 0 Å². The molecular formula is C18H25NO. The van der Waals surface area contributed by atoms with Gasteiger partial charge < -0.3 is 10.1 Å². The van der Waals surface area contributed by atoms with Crippen LogP contribution in [-0.4, -0.2) is 13.7 Å². The number of fused-ring (bicyclic) bond motifs is 1. The van der Waals surface area contributed by atoms with Gasteiger partial charge in [0.2, 0.25) is 0 Å². The third-order valence-electron chi connectivity index (χ3n) is 4.10. The van der Waals surface area contributed by atoms with Gasteiger partial charge in [-0.3, -0.25) is 0 Å². The molecule has 0 saturated heterocycles. The summed E-state index contributed by atoms with van der Waals surface area (Å²) in [5.41, 5.74) is 1.34. The number of methoxy groups -OCH3 is 1. The van der Waals surface area contributed by atoms with Crippen molar-refractivity contribution < 1.29 is 4.74 Å². The first-order valence-corrected chi connectivity index (χ1v) is 7.55. The van der Waals surface area contributed by atoms with Crippen molar-refractivity contribution in [3.8, 4) is 5.75 Å². The molecule has 0 aliphatic carbocycles. The summed E-state index contributed by atoms with van der Waals surface area (Å²) >= 11 is 0. The van der Waals surface area contributed by atoms with Crippen molar-refractivity contribution in [1.82, 2.24) is 5.32 Å². The van der Waals surface area contributed by atoms with Gasteiger partial charge in [-0.05, 0) is 29.5 Å². The molecule has 0 aliphatic rings. The molecule has 0 fully saturated rings. The molecule has 1 N–H and O–H groups in total. The van der Waals surface area contributed by atoms with Crippen molar-refractivity contribution in [2.24, 2.45) is 5.92 Å². The summed E-state index contributed by atoms with van der Waals surface area (Å²) in [6, 6.07) is 12.7. The molecule has 0 aromatic heterocycles. The van der Waals surface area contributed by atoms with Crippen molar-refractivity contribution in [3.05, 3.63) is 42.0 Å². The van der Waals surface area contributed by atoms with E-state index in [4.69, 9.17) is 4.74 Å². The molecule has 108 valence electrons. The molecular weight excluding hydrogens is 246 g/mol. The van der Waals surface area contributed by atoms with Gasteiger partial charge in [-0.25, -0.2) is 0 Å². The molecule has 0 aliphatic heterocycles. The molecule has 0 atom stereocenters. The predicted molar refractivity (Wildman–Crippen MR) is 86.3 cm³/mol. The Bertz CT molecular complexity index is 546. The van der Waals surface area contributed by atoms with E-state index in [1.165, 1.54) is 29.2 Å². The van der Waals surface area contributed by atoms with E-state index in [1.54, 1.807) is 7.11 Å². The van der Waals surface area contributed by atoms with E-state index in [-0.39, 0.29) is 0 Å². The molecule has 2 rings (SSSR count). The highest BCUT2D eigenvalue weighted by Crippen LogP contribution is 2.28. The zero-order valence-electron chi connectivity index (χ0n) is 12.8. The molecule has 0 unspecified atom stereocenters. The first-order chi connectivity index (χ1) is 9.80.